The summed E-state index contributed by atoms with van der Waals surface area (Å²) in [5.41, 5.74) is 0. The van der Waals surface area contributed by atoms with Gasteiger partial charge in [0.2, 0.25) is 0 Å². The summed E-state index contributed by atoms with van der Waals surface area (Å²) in [6.45, 7) is 2.15. The van der Waals surface area contributed by atoms with Crippen LogP contribution >= 0.6 is 0 Å². The van der Waals surface area contributed by atoms with Gasteiger partial charge in [0.15, 0.2) is 0 Å². The Bertz CT molecular complexity index is 393. The molecule has 2 heterocycles. The quantitative estimate of drug-likeness (QED) is 0.441. The number of cyclic esters (lactones) is 1. The van der Waals surface area contributed by atoms with Gasteiger partial charge in [-0.25, -0.2) is 9.59 Å². The van der Waals surface area contributed by atoms with Gasteiger partial charge in [0.05, 0.1) is 13.2 Å². The van der Waals surface area contributed by atoms with Crippen molar-refractivity contribution in [3.05, 3.63) is 12.2 Å². The summed E-state index contributed by atoms with van der Waals surface area (Å²) in [5.74, 6) is -0.374. The number of unbranched alkanes of at least 4 members (excludes halogenated alkanes) is 2. The molecular formula is C15H23NO4. The lowest BCUT2D eigenvalue weighted by Crippen LogP contribution is -2.56. The first kappa shape index (κ1) is 14.9. The number of fused-ring (bicyclic) bond motifs is 1. The molecule has 20 heavy (non-hydrogen) atoms. The maximum atomic E-state index is 12.2. The number of carbonyl (C=O) groups is 2. The van der Waals surface area contributed by atoms with E-state index < -0.39 is 6.04 Å². The van der Waals surface area contributed by atoms with Crippen LogP contribution in [0.3, 0.4) is 0 Å². The Morgan fingerprint density at radius 1 is 1.50 bits per heavy atom. The lowest BCUT2D eigenvalue weighted by molar-refractivity contribution is -0.148. The van der Waals surface area contributed by atoms with E-state index in [2.05, 4.69) is 6.92 Å². The highest BCUT2D eigenvalue weighted by Gasteiger charge is 2.42. The fourth-order valence-corrected chi connectivity index (χ4v) is 2.92. The van der Waals surface area contributed by atoms with Gasteiger partial charge in [0, 0.05) is 6.42 Å². The average Bonchev–Trinajstić information content (AvgIpc) is 2.46. The van der Waals surface area contributed by atoms with Crippen molar-refractivity contribution < 1.29 is 19.1 Å². The Morgan fingerprint density at radius 2 is 2.30 bits per heavy atom. The Labute approximate surface area is 119 Å². The molecule has 112 valence electrons. The summed E-state index contributed by atoms with van der Waals surface area (Å²) in [6, 6.07) is -0.584. The second-order valence-electron chi connectivity index (χ2n) is 5.41. The van der Waals surface area contributed by atoms with Crippen molar-refractivity contribution in [2.45, 2.75) is 63.6 Å². The van der Waals surface area contributed by atoms with Crippen LogP contribution in [0, 0.1) is 0 Å². The number of methoxy groups -OCH3 is 1. The molecular weight excluding hydrogens is 258 g/mol. The topological polar surface area (TPSA) is 55.8 Å². The van der Waals surface area contributed by atoms with Gasteiger partial charge >= 0.3 is 12.1 Å². The fourth-order valence-electron chi connectivity index (χ4n) is 2.92. The van der Waals surface area contributed by atoms with Gasteiger partial charge in [-0.05, 0) is 19.3 Å². The van der Waals surface area contributed by atoms with Crippen molar-refractivity contribution in [3.63, 3.8) is 0 Å². The molecule has 0 aromatic heterocycles. The maximum absolute atomic E-state index is 12.2. The second kappa shape index (κ2) is 6.77. The van der Waals surface area contributed by atoms with E-state index in [1.165, 1.54) is 12.0 Å². The number of hydrogen-bond acceptors (Lipinski definition) is 4. The Morgan fingerprint density at radius 3 is 3.00 bits per heavy atom. The van der Waals surface area contributed by atoms with Gasteiger partial charge in [0.25, 0.3) is 0 Å². The molecule has 0 spiro atoms. The zero-order valence-electron chi connectivity index (χ0n) is 12.2. The van der Waals surface area contributed by atoms with Gasteiger partial charge in [0.1, 0.15) is 12.1 Å². The van der Waals surface area contributed by atoms with E-state index in [0.29, 0.717) is 6.42 Å². The van der Waals surface area contributed by atoms with Gasteiger partial charge in [-0.1, -0.05) is 31.9 Å². The molecule has 0 aliphatic carbocycles. The molecule has 1 fully saturated rings. The third-order valence-electron chi connectivity index (χ3n) is 4.00. The number of rotatable bonds is 5. The van der Waals surface area contributed by atoms with Crippen LogP contribution in [0.2, 0.25) is 0 Å². The molecule has 1 saturated heterocycles. The second-order valence-corrected chi connectivity index (χ2v) is 5.41. The van der Waals surface area contributed by atoms with E-state index in [0.717, 1.165) is 32.1 Å². The van der Waals surface area contributed by atoms with Crippen LogP contribution in [0.1, 0.15) is 45.4 Å². The van der Waals surface area contributed by atoms with E-state index in [9.17, 15) is 9.59 Å². The molecule has 5 nitrogen and oxygen atoms in total. The van der Waals surface area contributed by atoms with Crippen LogP contribution in [0.15, 0.2) is 12.2 Å². The van der Waals surface area contributed by atoms with Crippen LogP contribution < -0.4 is 0 Å². The van der Waals surface area contributed by atoms with E-state index in [1.54, 1.807) is 0 Å². The Kier molecular flexibility index (Phi) is 5.04. The van der Waals surface area contributed by atoms with Crippen LogP contribution in [0.5, 0.6) is 0 Å². The molecule has 3 atom stereocenters. The van der Waals surface area contributed by atoms with E-state index in [-0.39, 0.29) is 24.2 Å². The maximum Gasteiger partial charge on any atom is 0.411 e. The summed E-state index contributed by atoms with van der Waals surface area (Å²) in [7, 11) is 1.35. The molecule has 5 heteroatoms. The molecule has 1 amide bonds. The molecule has 0 saturated carbocycles. The Balaban J connectivity index is 2.01. The molecule has 0 aromatic rings. The summed E-state index contributed by atoms with van der Waals surface area (Å²) >= 11 is 0. The molecule has 3 unspecified atom stereocenters. The highest BCUT2D eigenvalue weighted by atomic mass is 16.6. The van der Waals surface area contributed by atoms with Crippen LogP contribution in [0.25, 0.3) is 0 Å². The van der Waals surface area contributed by atoms with E-state index >= 15 is 0 Å². The van der Waals surface area contributed by atoms with E-state index in [1.807, 2.05) is 12.2 Å². The summed E-state index contributed by atoms with van der Waals surface area (Å²) in [6.07, 6.45) is 9.10. The molecule has 0 radical (unpaired) electrons. The van der Waals surface area contributed by atoms with Gasteiger partial charge in [-0.3, -0.25) is 4.90 Å². The monoisotopic (exact) mass is 281 g/mol. The predicted molar refractivity (Wildman–Crippen MR) is 74.2 cm³/mol. The van der Waals surface area contributed by atoms with Crippen molar-refractivity contribution in [2.24, 2.45) is 0 Å². The molecule has 2 rings (SSSR count). The number of ether oxygens (including phenoxy) is 2. The first-order valence-electron chi connectivity index (χ1n) is 7.40. The van der Waals surface area contributed by atoms with Gasteiger partial charge < -0.3 is 9.47 Å². The van der Waals surface area contributed by atoms with Crippen LogP contribution in [-0.4, -0.2) is 42.3 Å². The summed E-state index contributed by atoms with van der Waals surface area (Å²) in [5, 5.41) is 0. The molecule has 2 aliphatic rings. The first-order valence-corrected chi connectivity index (χ1v) is 7.40. The smallest absolute Gasteiger partial charge is 0.411 e. The predicted octanol–water partition coefficient (Wildman–Crippen LogP) is 2.65. The van der Waals surface area contributed by atoms with Gasteiger partial charge in [-0.15, -0.1) is 0 Å². The van der Waals surface area contributed by atoms with Crippen LogP contribution in [-0.2, 0) is 14.3 Å². The minimum absolute atomic E-state index is 0.0312. The minimum Gasteiger partial charge on any atom is -0.467 e. The lowest BCUT2D eigenvalue weighted by atomic mass is 9.95. The van der Waals surface area contributed by atoms with Crippen molar-refractivity contribution in [1.82, 2.24) is 4.90 Å². The highest BCUT2D eigenvalue weighted by molar-refractivity contribution is 5.82. The molecule has 2 aliphatic heterocycles. The van der Waals surface area contributed by atoms with Crippen molar-refractivity contribution in [2.75, 3.05) is 7.11 Å². The Hall–Kier alpha value is -1.52. The van der Waals surface area contributed by atoms with Gasteiger partial charge in [-0.2, -0.15) is 0 Å². The average molecular weight is 281 g/mol. The van der Waals surface area contributed by atoms with Crippen molar-refractivity contribution >= 4 is 12.1 Å². The van der Waals surface area contributed by atoms with Crippen LogP contribution in [0.4, 0.5) is 4.79 Å². The number of hydrogen-bond donors (Lipinski definition) is 0. The number of esters is 1. The summed E-state index contributed by atoms with van der Waals surface area (Å²) < 4.78 is 10.2. The normalized spacial score (nSPS) is 28.8. The van der Waals surface area contributed by atoms with Crippen molar-refractivity contribution in [1.29, 1.82) is 0 Å². The fraction of sp³-hybridized carbons (Fsp3) is 0.733. The minimum atomic E-state index is -0.543. The number of amides is 1. The zero-order valence-corrected chi connectivity index (χ0v) is 12.2. The standard InChI is InChI=1S/C15H23NO4/c1-3-4-5-8-12-10-11-7-6-9-13(14(17)19-2)16(11)15(18)20-12/h6-7,11-13H,3-5,8-10H2,1-2H3. The van der Waals surface area contributed by atoms with E-state index in [4.69, 9.17) is 9.47 Å². The molecule has 0 bridgehead atoms. The first-order chi connectivity index (χ1) is 9.67. The lowest BCUT2D eigenvalue weighted by Gasteiger charge is -2.42. The number of nitrogens with zero attached hydrogens (tertiary/aromatic N) is 1. The van der Waals surface area contributed by atoms with Crippen molar-refractivity contribution in [3.8, 4) is 0 Å². The third kappa shape index (κ3) is 3.14. The summed E-state index contributed by atoms with van der Waals surface area (Å²) in [4.78, 5) is 25.4. The molecule has 0 aromatic carbocycles. The highest BCUT2D eigenvalue weighted by Crippen LogP contribution is 2.29. The number of carbonyl (C=O) groups excluding carboxylic acids is 2. The molecule has 0 N–H and O–H groups in total. The third-order valence-corrected chi connectivity index (χ3v) is 4.00. The zero-order chi connectivity index (χ0) is 14.5. The largest absolute Gasteiger partial charge is 0.467 e. The SMILES string of the molecule is CCCCCC1CC2C=CCC(C(=O)OC)N2C(=O)O1.